The van der Waals surface area contributed by atoms with Crippen molar-refractivity contribution in [2.75, 3.05) is 5.75 Å². The molecule has 1 aromatic heterocycles. The summed E-state index contributed by atoms with van der Waals surface area (Å²) >= 11 is 0. The fourth-order valence-corrected chi connectivity index (χ4v) is 7.90. The second kappa shape index (κ2) is 17.0. The minimum absolute atomic E-state index is 0.00705. The summed E-state index contributed by atoms with van der Waals surface area (Å²) < 4.78 is 26.7. The van der Waals surface area contributed by atoms with Gasteiger partial charge in [0.05, 0.1) is 23.5 Å². The van der Waals surface area contributed by atoms with Crippen molar-refractivity contribution in [3.8, 4) is 0 Å². The fourth-order valence-electron chi connectivity index (χ4n) is 6.15. The van der Waals surface area contributed by atoms with Gasteiger partial charge in [0.15, 0.2) is 15.6 Å². The summed E-state index contributed by atoms with van der Waals surface area (Å²) in [5, 5.41) is 10.6. The molecule has 3 aromatic rings. The average Bonchev–Trinajstić information content (AvgIpc) is 3.05. The number of nitrogen functional groups attached to an aromatic ring is 1. The Morgan fingerprint density at radius 2 is 1.53 bits per heavy atom. The van der Waals surface area contributed by atoms with Gasteiger partial charge in [-0.1, -0.05) is 86.7 Å². The Hall–Kier alpha value is -3.85. The first-order chi connectivity index (χ1) is 21.7. The number of nitrogens with two attached hydrogens (primary N) is 1. The molecule has 8 nitrogen and oxygen atoms in total. The molecule has 0 aliphatic heterocycles. The van der Waals surface area contributed by atoms with Gasteiger partial charge in [-0.15, -0.1) is 0 Å². The Morgan fingerprint density at radius 1 is 0.867 bits per heavy atom. The largest absolute Gasteiger partial charge is 0.384 e. The van der Waals surface area contributed by atoms with E-state index in [4.69, 9.17) is 11.1 Å². The molecule has 45 heavy (non-hydrogen) atoms. The number of Topliss-reactive ketones (excluding diaryl/α,β-unsaturated/α-hetero) is 1. The van der Waals surface area contributed by atoms with Gasteiger partial charge in [-0.2, -0.15) is 0 Å². The third kappa shape index (κ3) is 11.5. The highest BCUT2D eigenvalue weighted by Crippen LogP contribution is 2.28. The summed E-state index contributed by atoms with van der Waals surface area (Å²) in [6.07, 6.45) is 12.3. The van der Waals surface area contributed by atoms with Gasteiger partial charge in [0.2, 0.25) is 5.91 Å². The number of pyridine rings is 1. The number of carbonyl (C=O) groups is 2. The lowest BCUT2D eigenvalue weighted by atomic mass is 9.84. The number of carbonyl (C=O) groups excluding carboxylic acids is 2. The molecule has 1 heterocycles. The summed E-state index contributed by atoms with van der Waals surface area (Å²) in [5.74, 6) is -1.12. The van der Waals surface area contributed by atoms with Gasteiger partial charge in [0.1, 0.15) is 5.84 Å². The van der Waals surface area contributed by atoms with E-state index in [0.717, 1.165) is 30.4 Å². The zero-order valence-electron chi connectivity index (χ0n) is 26.0. The number of hydrogen-bond donors (Lipinski definition) is 3. The van der Waals surface area contributed by atoms with Gasteiger partial charge in [0, 0.05) is 24.4 Å². The molecule has 0 radical (unpaired) electrons. The molecular weight excluding hydrogens is 584 g/mol. The van der Waals surface area contributed by atoms with Crippen molar-refractivity contribution in [3.63, 3.8) is 0 Å². The molecule has 0 spiro atoms. The van der Waals surface area contributed by atoms with E-state index < -0.39 is 21.8 Å². The van der Waals surface area contributed by atoms with Crippen molar-refractivity contribution in [3.05, 3.63) is 101 Å². The van der Waals surface area contributed by atoms with E-state index in [-0.39, 0.29) is 35.5 Å². The molecule has 240 valence electrons. The molecule has 2 atom stereocenters. The van der Waals surface area contributed by atoms with Gasteiger partial charge in [0.25, 0.3) is 0 Å². The number of nitrogens with one attached hydrogen (secondary N) is 2. The normalized spacial score (nSPS) is 15.2. The van der Waals surface area contributed by atoms with E-state index in [1.165, 1.54) is 19.3 Å². The number of rotatable bonds is 17. The van der Waals surface area contributed by atoms with Crippen LogP contribution in [-0.4, -0.2) is 42.7 Å². The van der Waals surface area contributed by atoms with Crippen molar-refractivity contribution in [2.45, 2.75) is 82.4 Å². The first kappa shape index (κ1) is 34.0. The number of nitrogens with zero attached hydrogens (tertiary/aromatic N) is 1. The van der Waals surface area contributed by atoms with Crippen molar-refractivity contribution >= 4 is 27.4 Å². The number of amidine groups is 1. The lowest BCUT2D eigenvalue weighted by Crippen LogP contribution is -2.45. The van der Waals surface area contributed by atoms with Crippen molar-refractivity contribution in [1.82, 2.24) is 10.3 Å². The highest BCUT2D eigenvalue weighted by molar-refractivity contribution is 7.90. The maximum absolute atomic E-state index is 13.9. The topological polar surface area (TPSA) is 143 Å². The molecule has 4 rings (SSSR count). The Kier molecular flexibility index (Phi) is 12.9. The van der Waals surface area contributed by atoms with Crippen molar-refractivity contribution in [1.29, 1.82) is 5.41 Å². The highest BCUT2D eigenvalue weighted by atomic mass is 32.2. The number of aromatic nitrogens is 1. The van der Waals surface area contributed by atoms with Crippen LogP contribution < -0.4 is 11.1 Å². The van der Waals surface area contributed by atoms with E-state index in [0.29, 0.717) is 42.7 Å². The SMILES string of the molecule is N=C(N)c1ccc(CCC(=O)[C@H](CCC2CCCCC2)NC(=O)[C@@H](CCc2ccncc2)CS(=O)(=O)Cc2ccccc2)cc1. The van der Waals surface area contributed by atoms with Crippen LogP contribution in [0.3, 0.4) is 0 Å². The van der Waals surface area contributed by atoms with Crippen LogP contribution in [0.4, 0.5) is 0 Å². The van der Waals surface area contributed by atoms with Crippen LogP contribution in [0, 0.1) is 17.2 Å². The number of hydrogen-bond acceptors (Lipinski definition) is 6. The molecule has 9 heteroatoms. The van der Waals surface area contributed by atoms with Crippen LogP contribution in [0.15, 0.2) is 79.1 Å². The number of sulfone groups is 1. The van der Waals surface area contributed by atoms with E-state index in [2.05, 4.69) is 10.3 Å². The first-order valence-corrected chi connectivity index (χ1v) is 17.9. The van der Waals surface area contributed by atoms with Gasteiger partial charge in [-0.3, -0.25) is 20.0 Å². The fraction of sp³-hybridized carbons (Fsp3) is 0.444. The number of ketones is 1. The summed E-state index contributed by atoms with van der Waals surface area (Å²) in [5.41, 5.74) is 8.81. The van der Waals surface area contributed by atoms with Gasteiger partial charge < -0.3 is 11.1 Å². The molecule has 1 aliphatic rings. The van der Waals surface area contributed by atoms with Gasteiger partial charge in [-0.05, 0) is 66.8 Å². The molecule has 1 amide bonds. The maximum Gasteiger partial charge on any atom is 0.224 e. The number of benzene rings is 2. The van der Waals surface area contributed by atoms with Gasteiger partial charge in [-0.25, -0.2) is 8.42 Å². The molecule has 0 bridgehead atoms. The molecule has 2 aromatic carbocycles. The summed E-state index contributed by atoms with van der Waals surface area (Å²) in [4.78, 5) is 31.6. The summed E-state index contributed by atoms with van der Waals surface area (Å²) in [7, 11) is -3.61. The zero-order chi connectivity index (χ0) is 32.1. The molecule has 1 fully saturated rings. The molecule has 0 unspecified atom stereocenters. The average molecular weight is 631 g/mol. The van der Waals surface area contributed by atoms with Crippen molar-refractivity contribution in [2.24, 2.45) is 17.6 Å². The second-order valence-electron chi connectivity index (χ2n) is 12.4. The van der Waals surface area contributed by atoms with Crippen LogP contribution in [0.2, 0.25) is 0 Å². The van der Waals surface area contributed by atoms with E-state index in [1.54, 1.807) is 48.8 Å². The maximum atomic E-state index is 13.9. The number of amides is 1. The molecule has 1 saturated carbocycles. The Morgan fingerprint density at radius 3 is 2.20 bits per heavy atom. The van der Waals surface area contributed by atoms with Crippen LogP contribution >= 0.6 is 0 Å². The van der Waals surface area contributed by atoms with E-state index in [1.807, 2.05) is 30.3 Å². The Labute approximate surface area is 267 Å². The smallest absolute Gasteiger partial charge is 0.224 e. The third-order valence-corrected chi connectivity index (χ3v) is 10.5. The standard InChI is InChI=1S/C36H46N4O4S/c37-35(38)31-16-11-28(12-17-31)15-20-34(41)33(19-14-27-7-3-1-4-8-27)40-36(42)32(18-13-29-21-23-39-24-22-29)26-45(43,44)25-30-9-5-2-6-10-30/h2,5-6,9-12,16-17,21-24,27,32-33H,1,3-4,7-8,13-15,18-20,25-26H2,(H3,37,38)(H,40,42)/t32-,33-/m0/s1. The van der Waals surface area contributed by atoms with Crippen LogP contribution in [0.5, 0.6) is 0 Å². The lowest BCUT2D eigenvalue weighted by molar-refractivity contribution is -0.130. The van der Waals surface area contributed by atoms with Crippen molar-refractivity contribution < 1.29 is 18.0 Å². The minimum atomic E-state index is -3.61. The first-order valence-electron chi connectivity index (χ1n) is 16.1. The lowest BCUT2D eigenvalue weighted by Gasteiger charge is -2.26. The number of aryl methyl sites for hydroxylation is 2. The second-order valence-corrected chi connectivity index (χ2v) is 14.5. The molecular formula is C36H46N4O4S. The van der Waals surface area contributed by atoms with Crippen LogP contribution in [0.25, 0.3) is 0 Å². The molecule has 0 saturated heterocycles. The minimum Gasteiger partial charge on any atom is -0.384 e. The third-order valence-electron chi connectivity index (χ3n) is 8.80. The quantitative estimate of drug-likeness (QED) is 0.131. The highest BCUT2D eigenvalue weighted by Gasteiger charge is 2.30. The summed E-state index contributed by atoms with van der Waals surface area (Å²) in [6.45, 7) is 0. The Balaban J connectivity index is 1.47. The Bertz CT molecular complexity index is 1490. The monoisotopic (exact) mass is 630 g/mol. The van der Waals surface area contributed by atoms with E-state index in [9.17, 15) is 18.0 Å². The molecule has 4 N–H and O–H groups in total. The van der Waals surface area contributed by atoms with Crippen LogP contribution in [-0.2, 0) is 38.0 Å². The summed E-state index contributed by atoms with van der Waals surface area (Å²) in [6, 6.07) is 19.3. The van der Waals surface area contributed by atoms with Gasteiger partial charge >= 0.3 is 0 Å². The van der Waals surface area contributed by atoms with E-state index >= 15 is 0 Å². The predicted octanol–water partition coefficient (Wildman–Crippen LogP) is 5.58. The zero-order valence-corrected chi connectivity index (χ0v) is 26.8. The van der Waals surface area contributed by atoms with Crippen LogP contribution in [0.1, 0.15) is 80.0 Å². The predicted molar refractivity (Wildman–Crippen MR) is 179 cm³/mol. The molecule has 1 aliphatic carbocycles.